The Labute approximate surface area is 138 Å². The van der Waals surface area contributed by atoms with Gasteiger partial charge in [-0.25, -0.2) is 0 Å². The van der Waals surface area contributed by atoms with Gasteiger partial charge in [0, 0.05) is 11.9 Å². The second kappa shape index (κ2) is 6.16. The topological polar surface area (TPSA) is 90.0 Å². The molecule has 0 unspecified atom stereocenters. The molecule has 6 nitrogen and oxygen atoms in total. The van der Waals surface area contributed by atoms with Gasteiger partial charge in [-0.2, -0.15) is 5.10 Å². The highest BCUT2D eigenvalue weighted by Gasteiger charge is 2.25. The van der Waals surface area contributed by atoms with Crippen LogP contribution in [0.4, 0.5) is 5.00 Å². The second-order valence-electron chi connectivity index (χ2n) is 5.88. The van der Waals surface area contributed by atoms with Crippen LogP contribution in [0.25, 0.3) is 0 Å². The van der Waals surface area contributed by atoms with Gasteiger partial charge in [-0.1, -0.05) is 6.42 Å². The Kier molecular flexibility index (Phi) is 4.21. The number of carbonyl (C=O) groups excluding carboxylic acids is 2. The van der Waals surface area contributed by atoms with Gasteiger partial charge in [0.25, 0.3) is 11.8 Å². The fourth-order valence-corrected chi connectivity index (χ4v) is 4.37. The van der Waals surface area contributed by atoms with E-state index < -0.39 is 5.91 Å². The minimum atomic E-state index is -0.471. The molecule has 0 saturated carbocycles. The molecular formula is C16H20N4O2S. The maximum absolute atomic E-state index is 12.5. The van der Waals surface area contributed by atoms with Crippen LogP contribution in [0.3, 0.4) is 0 Å². The molecule has 0 spiro atoms. The van der Waals surface area contributed by atoms with Gasteiger partial charge in [0.2, 0.25) is 0 Å². The highest BCUT2D eigenvalue weighted by atomic mass is 32.1. The van der Waals surface area contributed by atoms with E-state index in [0.29, 0.717) is 16.3 Å². The number of rotatable bonds is 3. The van der Waals surface area contributed by atoms with Crippen LogP contribution in [0.2, 0.25) is 0 Å². The van der Waals surface area contributed by atoms with Crippen LogP contribution in [0.15, 0.2) is 6.07 Å². The zero-order valence-corrected chi connectivity index (χ0v) is 14.1. The van der Waals surface area contributed by atoms with E-state index in [0.717, 1.165) is 43.4 Å². The number of amides is 2. The molecule has 0 radical (unpaired) electrons. The van der Waals surface area contributed by atoms with Gasteiger partial charge >= 0.3 is 0 Å². The Morgan fingerprint density at radius 2 is 2.04 bits per heavy atom. The standard InChI is InChI=1S/C16H20N4O2S/c1-9-8-11(20(2)19-9)15(22)18-16-13(14(17)21)10-6-4-3-5-7-12(10)23-16/h8H,3-7H2,1-2H3,(H2,17,21)(H,18,22). The third-order valence-electron chi connectivity index (χ3n) is 4.13. The molecule has 1 aliphatic rings. The van der Waals surface area contributed by atoms with Crippen molar-refractivity contribution in [3.05, 3.63) is 33.5 Å². The van der Waals surface area contributed by atoms with E-state index >= 15 is 0 Å². The molecule has 0 fully saturated rings. The summed E-state index contributed by atoms with van der Waals surface area (Å²) >= 11 is 1.48. The summed E-state index contributed by atoms with van der Waals surface area (Å²) < 4.78 is 1.53. The Balaban J connectivity index is 1.95. The predicted octanol–water partition coefficient (Wildman–Crippen LogP) is 2.41. The summed E-state index contributed by atoms with van der Waals surface area (Å²) in [5.41, 5.74) is 8.32. The first-order chi connectivity index (χ1) is 11.0. The molecule has 2 aromatic rings. The van der Waals surface area contributed by atoms with Gasteiger partial charge in [-0.05, 0) is 44.2 Å². The number of nitrogens with two attached hydrogens (primary N) is 1. The molecule has 2 heterocycles. The lowest BCUT2D eigenvalue weighted by atomic mass is 10.1. The molecule has 23 heavy (non-hydrogen) atoms. The van der Waals surface area contributed by atoms with Crippen molar-refractivity contribution in [3.8, 4) is 0 Å². The van der Waals surface area contributed by atoms with Crippen LogP contribution in [-0.4, -0.2) is 21.6 Å². The fraction of sp³-hybridized carbons (Fsp3) is 0.438. The lowest BCUT2D eigenvalue weighted by Crippen LogP contribution is -2.19. The number of fused-ring (bicyclic) bond motifs is 1. The van der Waals surface area contributed by atoms with E-state index in [1.54, 1.807) is 13.1 Å². The molecular weight excluding hydrogens is 312 g/mol. The molecule has 7 heteroatoms. The van der Waals surface area contributed by atoms with Crippen molar-refractivity contribution < 1.29 is 9.59 Å². The van der Waals surface area contributed by atoms with Crippen LogP contribution < -0.4 is 11.1 Å². The summed E-state index contributed by atoms with van der Waals surface area (Å²) in [6.07, 6.45) is 5.12. The summed E-state index contributed by atoms with van der Waals surface area (Å²) in [6.45, 7) is 1.83. The quantitative estimate of drug-likeness (QED) is 0.846. The maximum Gasteiger partial charge on any atom is 0.274 e. The summed E-state index contributed by atoms with van der Waals surface area (Å²) in [5, 5.41) is 7.60. The number of carbonyl (C=O) groups is 2. The van der Waals surface area contributed by atoms with Crippen molar-refractivity contribution in [1.29, 1.82) is 0 Å². The summed E-state index contributed by atoms with van der Waals surface area (Å²) in [4.78, 5) is 25.6. The average molecular weight is 332 g/mol. The van der Waals surface area contributed by atoms with Gasteiger partial charge in [0.15, 0.2) is 0 Å². The zero-order valence-electron chi connectivity index (χ0n) is 13.3. The van der Waals surface area contributed by atoms with Gasteiger partial charge in [-0.3, -0.25) is 14.3 Å². The molecule has 2 aromatic heterocycles. The number of hydrogen-bond donors (Lipinski definition) is 2. The summed E-state index contributed by atoms with van der Waals surface area (Å²) in [5.74, 6) is -0.743. The number of thiophene rings is 1. The predicted molar refractivity (Wildman–Crippen MR) is 90.0 cm³/mol. The van der Waals surface area contributed by atoms with Gasteiger partial charge in [0.05, 0.1) is 11.3 Å². The lowest BCUT2D eigenvalue weighted by molar-refractivity contribution is 0.100. The van der Waals surface area contributed by atoms with Crippen molar-refractivity contribution in [2.45, 2.75) is 39.0 Å². The highest BCUT2D eigenvalue weighted by Crippen LogP contribution is 2.37. The molecule has 1 aliphatic carbocycles. The van der Waals surface area contributed by atoms with Crippen molar-refractivity contribution in [3.63, 3.8) is 0 Å². The Morgan fingerprint density at radius 3 is 2.70 bits per heavy atom. The zero-order chi connectivity index (χ0) is 16.6. The third kappa shape index (κ3) is 3.01. The minimum absolute atomic E-state index is 0.271. The molecule has 3 rings (SSSR count). The SMILES string of the molecule is Cc1cc(C(=O)Nc2sc3c(c2C(N)=O)CCCCC3)n(C)n1. The first-order valence-electron chi connectivity index (χ1n) is 7.73. The number of anilines is 1. The molecule has 0 aromatic carbocycles. The van der Waals surface area contributed by atoms with Crippen molar-refractivity contribution in [1.82, 2.24) is 9.78 Å². The number of nitrogens with one attached hydrogen (secondary N) is 1. The van der Waals surface area contributed by atoms with E-state index in [9.17, 15) is 9.59 Å². The van der Waals surface area contributed by atoms with Crippen LogP contribution in [0, 0.1) is 6.92 Å². The molecule has 0 saturated heterocycles. The molecule has 0 bridgehead atoms. The van der Waals surface area contributed by atoms with Crippen LogP contribution in [-0.2, 0) is 19.9 Å². The maximum atomic E-state index is 12.5. The molecule has 2 amide bonds. The van der Waals surface area contributed by atoms with Crippen LogP contribution >= 0.6 is 11.3 Å². The fourth-order valence-electron chi connectivity index (χ4n) is 3.08. The Hall–Kier alpha value is -2.15. The van der Waals surface area contributed by atoms with Gasteiger partial charge in [-0.15, -0.1) is 11.3 Å². The summed E-state index contributed by atoms with van der Waals surface area (Å²) in [7, 11) is 1.72. The average Bonchev–Trinajstić information content (AvgIpc) is 2.90. The number of aryl methyl sites for hydroxylation is 3. The van der Waals surface area contributed by atoms with E-state index in [2.05, 4.69) is 10.4 Å². The molecule has 0 aliphatic heterocycles. The molecule has 0 atom stereocenters. The Morgan fingerprint density at radius 1 is 1.30 bits per heavy atom. The molecule has 122 valence electrons. The van der Waals surface area contributed by atoms with Crippen molar-refractivity contribution in [2.24, 2.45) is 12.8 Å². The smallest absolute Gasteiger partial charge is 0.274 e. The van der Waals surface area contributed by atoms with E-state index in [4.69, 9.17) is 5.73 Å². The highest BCUT2D eigenvalue weighted by molar-refractivity contribution is 7.17. The third-order valence-corrected chi connectivity index (χ3v) is 5.34. The normalized spacial score (nSPS) is 14.2. The molecule has 3 N–H and O–H groups in total. The number of aromatic nitrogens is 2. The van der Waals surface area contributed by atoms with Gasteiger partial charge < -0.3 is 11.1 Å². The van der Waals surface area contributed by atoms with Crippen LogP contribution in [0.5, 0.6) is 0 Å². The minimum Gasteiger partial charge on any atom is -0.365 e. The van der Waals surface area contributed by atoms with Gasteiger partial charge in [0.1, 0.15) is 10.7 Å². The number of nitrogens with zero attached hydrogens (tertiary/aromatic N) is 2. The first-order valence-corrected chi connectivity index (χ1v) is 8.55. The monoisotopic (exact) mass is 332 g/mol. The number of primary amides is 1. The second-order valence-corrected chi connectivity index (χ2v) is 6.99. The van der Waals surface area contributed by atoms with Crippen molar-refractivity contribution in [2.75, 3.05) is 5.32 Å². The van der Waals surface area contributed by atoms with E-state index in [-0.39, 0.29) is 5.91 Å². The summed E-state index contributed by atoms with van der Waals surface area (Å²) in [6, 6.07) is 1.72. The van der Waals surface area contributed by atoms with E-state index in [1.807, 2.05) is 6.92 Å². The Bertz CT molecular complexity index is 775. The van der Waals surface area contributed by atoms with Crippen LogP contribution in [0.1, 0.15) is 56.2 Å². The number of hydrogen-bond acceptors (Lipinski definition) is 4. The first kappa shape index (κ1) is 15.7. The van der Waals surface area contributed by atoms with E-state index in [1.165, 1.54) is 20.9 Å². The lowest BCUT2D eigenvalue weighted by Gasteiger charge is -2.06. The van der Waals surface area contributed by atoms with Crippen molar-refractivity contribution >= 4 is 28.2 Å². The largest absolute Gasteiger partial charge is 0.365 e.